The number of carbonyl (C=O) groups is 2. The molecule has 0 fully saturated rings. The van der Waals surface area contributed by atoms with Gasteiger partial charge in [0, 0.05) is 17.0 Å². The van der Waals surface area contributed by atoms with Crippen LogP contribution in [0.15, 0.2) is 54.6 Å². The van der Waals surface area contributed by atoms with Crippen LogP contribution in [-0.2, 0) is 16.0 Å². The lowest BCUT2D eigenvalue weighted by Gasteiger charge is -2.16. The van der Waals surface area contributed by atoms with E-state index in [2.05, 4.69) is 5.32 Å². The highest BCUT2D eigenvalue weighted by molar-refractivity contribution is 6.30. The Hall–Kier alpha value is -2.33. The van der Waals surface area contributed by atoms with Gasteiger partial charge < -0.3 is 10.1 Å². The molecule has 5 heteroatoms. The van der Waals surface area contributed by atoms with Crippen molar-refractivity contribution in [1.29, 1.82) is 0 Å². The SMILES string of the molecule is COC(=O)[C@@H](Cc1cccc(Cl)c1)NC(=O)c1ccccc1. The zero-order chi connectivity index (χ0) is 15.9. The van der Waals surface area contributed by atoms with Gasteiger partial charge in [0.15, 0.2) is 0 Å². The van der Waals surface area contributed by atoms with Gasteiger partial charge in [0.05, 0.1) is 7.11 Å². The topological polar surface area (TPSA) is 55.4 Å². The number of ether oxygens (including phenoxy) is 1. The van der Waals surface area contributed by atoms with Gasteiger partial charge in [0.1, 0.15) is 6.04 Å². The minimum atomic E-state index is -0.767. The number of hydrogen-bond acceptors (Lipinski definition) is 3. The standard InChI is InChI=1S/C17H16ClNO3/c1-22-17(21)15(11-12-6-5-9-14(18)10-12)19-16(20)13-7-3-2-4-8-13/h2-10,15H,11H2,1H3,(H,19,20)/t15-/m1/s1. The van der Waals surface area contributed by atoms with E-state index in [9.17, 15) is 9.59 Å². The lowest BCUT2D eigenvalue weighted by Crippen LogP contribution is -2.43. The molecule has 0 saturated heterocycles. The Labute approximate surface area is 134 Å². The zero-order valence-corrected chi connectivity index (χ0v) is 12.8. The van der Waals surface area contributed by atoms with E-state index in [0.29, 0.717) is 17.0 Å². The third kappa shape index (κ3) is 4.33. The van der Waals surface area contributed by atoms with Gasteiger partial charge in [-0.3, -0.25) is 4.79 Å². The smallest absolute Gasteiger partial charge is 0.328 e. The Bertz CT molecular complexity index is 658. The maximum absolute atomic E-state index is 12.2. The van der Waals surface area contributed by atoms with Gasteiger partial charge in [-0.2, -0.15) is 0 Å². The first kappa shape index (κ1) is 16.0. The van der Waals surface area contributed by atoms with Crippen molar-refractivity contribution in [1.82, 2.24) is 5.32 Å². The van der Waals surface area contributed by atoms with Crippen molar-refractivity contribution in [2.24, 2.45) is 0 Å². The number of rotatable bonds is 5. The van der Waals surface area contributed by atoms with E-state index in [0.717, 1.165) is 5.56 Å². The lowest BCUT2D eigenvalue weighted by atomic mass is 10.1. The Morgan fingerprint density at radius 3 is 2.50 bits per heavy atom. The van der Waals surface area contributed by atoms with E-state index >= 15 is 0 Å². The van der Waals surface area contributed by atoms with Crippen molar-refractivity contribution in [2.75, 3.05) is 7.11 Å². The molecule has 1 atom stereocenters. The molecule has 0 unspecified atom stereocenters. The highest BCUT2D eigenvalue weighted by Crippen LogP contribution is 2.13. The molecule has 0 aliphatic heterocycles. The summed E-state index contributed by atoms with van der Waals surface area (Å²) in [7, 11) is 1.29. The Morgan fingerprint density at radius 2 is 1.86 bits per heavy atom. The summed E-state index contributed by atoms with van der Waals surface area (Å²) in [5.74, 6) is -0.817. The summed E-state index contributed by atoms with van der Waals surface area (Å²) in [5, 5.41) is 3.27. The number of amides is 1. The summed E-state index contributed by atoms with van der Waals surface area (Å²) in [5.41, 5.74) is 1.33. The number of nitrogens with one attached hydrogen (secondary N) is 1. The van der Waals surface area contributed by atoms with E-state index < -0.39 is 12.0 Å². The van der Waals surface area contributed by atoms with Gasteiger partial charge in [-0.1, -0.05) is 41.9 Å². The Kier molecular flexibility index (Phi) is 5.55. The van der Waals surface area contributed by atoms with Crippen LogP contribution in [0.4, 0.5) is 0 Å². The van der Waals surface area contributed by atoms with Gasteiger partial charge >= 0.3 is 5.97 Å². The van der Waals surface area contributed by atoms with Gasteiger partial charge in [-0.05, 0) is 29.8 Å². The second-order valence-corrected chi connectivity index (χ2v) is 5.19. The molecule has 4 nitrogen and oxygen atoms in total. The Morgan fingerprint density at radius 1 is 1.14 bits per heavy atom. The van der Waals surface area contributed by atoms with Gasteiger partial charge in [0.25, 0.3) is 5.91 Å². The average molecular weight is 318 g/mol. The number of methoxy groups -OCH3 is 1. The first-order valence-corrected chi connectivity index (χ1v) is 7.16. The van der Waals surface area contributed by atoms with Gasteiger partial charge in [0.2, 0.25) is 0 Å². The predicted octanol–water partition coefficient (Wildman–Crippen LogP) is 2.85. The van der Waals surface area contributed by atoms with Crippen molar-refractivity contribution >= 4 is 23.5 Å². The highest BCUT2D eigenvalue weighted by Gasteiger charge is 2.22. The number of hydrogen-bond donors (Lipinski definition) is 1. The lowest BCUT2D eigenvalue weighted by molar-refractivity contribution is -0.142. The van der Waals surface area contributed by atoms with Crippen molar-refractivity contribution in [3.05, 3.63) is 70.7 Å². The molecule has 114 valence electrons. The Balaban J connectivity index is 2.13. The fourth-order valence-electron chi connectivity index (χ4n) is 2.07. The molecular weight excluding hydrogens is 302 g/mol. The van der Waals surface area contributed by atoms with Crippen LogP contribution in [0.25, 0.3) is 0 Å². The van der Waals surface area contributed by atoms with Crippen LogP contribution < -0.4 is 5.32 Å². The molecule has 0 bridgehead atoms. The summed E-state index contributed by atoms with van der Waals surface area (Å²) < 4.78 is 4.76. The first-order chi connectivity index (χ1) is 10.6. The molecule has 0 saturated carbocycles. The van der Waals surface area contributed by atoms with E-state index in [4.69, 9.17) is 16.3 Å². The minimum absolute atomic E-state index is 0.311. The molecule has 2 aromatic rings. The molecule has 0 aromatic heterocycles. The van der Waals surface area contributed by atoms with Crippen molar-refractivity contribution < 1.29 is 14.3 Å². The molecular formula is C17H16ClNO3. The van der Waals surface area contributed by atoms with Crippen molar-refractivity contribution in [3.63, 3.8) is 0 Å². The fourth-order valence-corrected chi connectivity index (χ4v) is 2.28. The summed E-state index contributed by atoms with van der Waals surface area (Å²) in [6.07, 6.45) is 0.311. The third-order valence-corrected chi connectivity index (χ3v) is 3.39. The second-order valence-electron chi connectivity index (χ2n) is 4.75. The largest absolute Gasteiger partial charge is 0.467 e. The summed E-state index contributed by atoms with van der Waals surface area (Å²) >= 11 is 5.94. The fraction of sp³-hybridized carbons (Fsp3) is 0.176. The van der Waals surface area contributed by atoms with Crippen LogP contribution in [0.2, 0.25) is 5.02 Å². The molecule has 1 amide bonds. The highest BCUT2D eigenvalue weighted by atomic mass is 35.5. The van der Waals surface area contributed by atoms with E-state index in [1.54, 1.807) is 42.5 Å². The van der Waals surface area contributed by atoms with Gasteiger partial charge in [-0.15, -0.1) is 0 Å². The van der Waals surface area contributed by atoms with Crippen LogP contribution in [0.5, 0.6) is 0 Å². The van der Waals surface area contributed by atoms with Crippen molar-refractivity contribution in [3.8, 4) is 0 Å². The molecule has 0 aliphatic carbocycles. The molecule has 22 heavy (non-hydrogen) atoms. The second kappa shape index (κ2) is 7.61. The number of esters is 1. The molecule has 1 N–H and O–H groups in total. The monoisotopic (exact) mass is 317 g/mol. The molecule has 0 heterocycles. The number of benzene rings is 2. The first-order valence-electron chi connectivity index (χ1n) is 6.78. The van der Waals surface area contributed by atoms with E-state index in [1.807, 2.05) is 12.1 Å². The average Bonchev–Trinajstić information content (AvgIpc) is 2.54. The zero-order valence-electron chi connectivity index (χ0n) is 12.1. The van der Waals surface area contributed by atoms with Crippen LogP contribution in [0.3, 0.4) is 0 Å². The third-order valence-electron chi connectivity index (χ3n) is 3.16. The maximum atomic E-state index is 12.2. The molecule has 0 radical (unpaired) electrons. The molecule has 0 spiro atoms. The van der Waals surface area contributed by atoms with E-state index in [1.165, 1.54) is 7.11 Å². The summed E-state index contributed by atoms with van der Waals surface area (Å²) in [6, 6.07) is 15.1. The minimum Gasteiger partial charge on any atom is -0.467 e. The maximum Gasteiger partial charge on any atom is 0.328 e. The quantitative estimate of drug-likeness (QED) is 0.863. The predicted molar refractivity (Wildman–Crippen MR) is 84.9 cm³/mol. The molecule has 2 aromatic carbocycles. The summed E-state index contributed by atoms with van der Waals surface area (Å²) in [6.45, 7) is 0. The van der Waals surface area contributed by atoms with Gasteiger partial charge in [-0.25, -0.2) is 4.79 Å². The van der Waals surface area contributed by atoms with Crippen LogP contribution in [-0.4, -0.2) is 25.0 Å². The van der Waals surface area contributed by atoms with Crippen LogP contribution in [0.1, 0.15) is 15.9 Å². The molecule has 0 aliphatic rings. The summed E-state index contributed by atoms with van der Waals surface area (Å²) in [4.78, 5) is 24.1. The molecule has 2 rings (SSSR count). The van der Waals surface area contributed by atoms with Crippen molar-refractivity contribution in [2.45, 2.75) is 12.5 Å². The van der Waals surface area contributed by atoms with Crippen LogP contribution in [0, 0.1) is 0 Å². The van der Waals surface area contributed by atoms with Crippen LogP contribution >= 0.6 is 11.6 Å². The van der Waals surface area contributed by atoms with E-state index in [-0.39, 0.29) is 5.91 Å². The normalized spacial score (nSPS) is 11.5. The number of carbonyl (C=O) groups excluding carboxylic acids is 2. The number of halogens is 1.